The van der Waals surface area contributed by atoms with E-state index >= 15 is 0 Å². The Kier molecular flexibility index (Phi) is 6.56. The maximum Gasteiger partial charge on any atom is 0.307 e. The largest absolute Gasteiger partial charge is 0.487 e. The minimum absolute atomic E-state index is 0.0809. The maximum atomic E-state index is 12.6. The molecular weight excluding hydrogens is 384 g/mol. The second kappa shape index (κ2) is 9.29. The molecule has 140 valence electrons. The normalized spacial score (nSPS) is 11.6. The van der Waals surface area contributed by atoms with Gasteiger partial charge in [-0.25, -0.2) is 4.98 Å². The summed E-state index contributed by atoms with van der Waals surface area (Å²) in [6.45, 7) is 0.384. The van der Waals surface area contributed by atoms with Gasteiger partial charge in [-0.3, -0.25) is 9.59 Å². The molecule has 0 aliphatic carbocycles. The molecule has 8 heteroatoms. The lowest BCUT2D eigenvalue weighted by Crippen LogP contribution is -2.30. The fourth-order valence-corrected chi connectivity index (χ4v) is 3.69. The Labute approximate surface area is 164 Å². The van der Waals surface area contributed by atoms with E-state index in [1.807, 2.05) is 22.9 Å². The van der Waals surface area contributed by atoms with Crippen LogP contribution in [0.4, 0.5) is 0 Å². The number of hydrogen-bond acceptors (Lipinski definition) is 7. The highest BCUT2D eigenvalue weighted by Crippen LogP contribution is 2.23. The summed E-state index contributed by atoms with van der Waals surface area (Å²) in [4.78, 5) is 29.3. The van der Waals surface area contributed by atoms with Gasteiger partial charge < -0.3 is 14.8 Å². The molecule has 1 N–H and O–H groups in total. The van der Waals surface area contributed by atoms with E-state index in [0.29, 0.717) is 17.9 Å². The Morgan fingerprint density at radius 2 is 2.04 bits per heavy atom. The predicted molar refractivity (Wildman–Crippen MR) is 104 cm³/mol. The van der Waals surface area contributed by atoms with Crippen molar-refractivity contribution in [1.82, 2.24) is 10.3 Å². The molecule has 0 saturated carbocycles. The summed E-state index contributed by atoms with van der Waals surface area (Å²) >= 11 is 3.00. The minimum Gasteiger partial charge on any atom is -0.487 e. The number of amides is 1. The molecule has 3 aromatic rings. The van der Waals surface area contributed by atoms with Gasteiger partial charge in [0.15, 0.2) is 0 Å². The zero-order chi connectivity index (χ0) is 19.1. The molecule has 2 heterocycles. The molecule has 6 nitrogen and oxygen atoms in total. The molecule has 0 fully saturated rings. The van der Waals surface area contributed by atoms with Gasteiger partial charge in [-0.15, -0.1) is 22.7 Å². The van der Waals surface area contributed by atoms with Crippen LogP contribution in [0.5, 0.6) is 5.75 Å². The topological polar surface area (TPSA) is 77.5 Å². The van der Waals surface area contributed by atoms with Crippen LogP contribution >= 0.6 is 22.7 Å². The van der Waals surface area contributed by atoms with Gasteiger partial charge in [-0.1, -0.05) is 6.07 Å². The number of aromatic nitrogens is 1. The molecule has 1 amide bonds. The molecule has 2 aromatic heterocycles. The number of thiophene rings is 1. The van der Waals surface area contributed by atoms with Crippen molar-refractivity contribution in [3.8, 4) is 5.75 Å². The van der Waals surface area contributed by atoms with Gasteiger partial charge in [0.1, 0.15) is 12.4 Å². The Hall–Kier alpha value is -2.71. The number of ether oxygens (including phenoxy) is 2. The zero-order valence-corrected chi connectivity index (χ0v) is 16.2. The van der Waals surface area contributed by atoms with Gasteiger partial charge in [0.2, 0.25) is 0 Å². The quantitative estimate of drug-likeness (QED) is 0.580. The lowest BCUT2D eigenvalue weighted by atomic mass is 10.1. The van der Waals surface area contributed by atoms with E-state index in [1.54, 1.807) is 29.8 Å². The molecular formula is C19H18N2O4S2. The molecule has 0 aliphatic heterocycles. The standard InChI is InChI=1S/C19H18N2O4S2/c1-24-18(22)9-16(17-3-2-8-27-17)21-19(23)13-4-6-15(7-5-13)25-10-14-11-26-12-20-14/h2-8,11-12,16H,9-10H2,1H3,(H,21,23). The van der Waals surface area contributed by atoms with E-state index in [2.05, 4.69) is 10.3 Å². The van der Waals surface area contributed by atoms with Crippen LogP contribution in [0, 0.1) is 0 Å². The molecule has 0 radical (unpaired) electrons. The van der Waals surface area contributed by atoms with Crippen LogP contribution in [0.25, 0.3) is 0 Å². The number of nitrogens with zero attached hydrogens (tertiary/aromatic N) is 1. The van der Waals surface area contributed by atoms with Crippen LogP contribution < -0.4 is 10.1 Å². The average Bonchev–Trinajstić information content (AvgIpc) is 3.40. The third kappa shape index (κ3) is 5.38. The second-order valence-corrected chi connectivity index (χ2v) is 7.31. The van der Waals surface area contributed by atoms with Gasteiger partial charge in [0, 0.05) is 15.8 Å². The van der Waals surface area contributed by atoms with Crippen molar-refractivity contribution in [3.05, 3.63) is 68.8 Å². The van der Waals surface area contributed by atoms with Crippen molar-refractivity contribution in [2.75, 3.05) is 7.11 Å². The van der Waals surface area contributed by atoms with E-state index < -0.39 is 6.04 Å². The number of benzene rings is 1. The van der Waals surface area contributed by atoms with E-state index in [4.69, 9.17) is 9.47 Å². The number of methoxy groups -OCH3 is 1. The summed E-state index contributed by atoms with van der Waals surface area (Å²) in [5, 5.41) is 6.72. The minimum atomic E-state index is -0.425. The summed E-state index contributed by atoms with van der Waals surface area (Å²) in [6, 6.07) is 10.2. The third-order valence-corrected chi connectivity index (χ3v) is 5.40. The van der Waals surface area contributed by atoms with Gasteiger partial charge in [-0.2, -0.15) is 0 Å². The average molecular weight is 402 g/mol. The Morgan fingerprint density at radius 3 is 2.67 bits per heavy atom. The number of carbonyl (C=O) groups is 2. The lowest BCUT2D eigenvalue weighted by Gasteiger charge is -2.16. The molecule has 0 spiro atoms. The highest BCUT2D eigenvalue weighted by atomic mass is 32.1. The van der Waals surface area contributed by atoms with Crippen molar-refractivity contribution in [2.45, 2.75) is 19.1 Å². The number of thiazole rings is 1. The number of carbonyl (C=O) groups excluding carboxylic acids is 2. The van der Waals surface area contributed by atoms with Crippen LogP contribution in [-0.4, -0.2) is 24.0 Å². The molecule has 1 aromatic carbocycles. The molecule has 1 unspecified atom stereocenters. The van der Waals surface area contributed by atoms with Crippen molar-refractivity contribution in [3.63, 3.8) is 0 Å². The summed E-state index contributed by atoms with van der Waals surface area (Å²) in [7, 11) is 1.33. The first-order chi connectivity index (χ1) is 13.2. The predicted octanol–water partition coefficient (Wildman–Crippen LogP) is 3.82. The van der Waals surface area contributed by atoms with Gasteiger partial charge in [0.05, 0.1) is 30.8 Å². The molecule has 1 atom stereocenters. The first kappa shape index (κ1) is 19.1. The number of nitrogens with one attached hydrogen (secondary N) is 1. The van der Waals surface area contributed by atoms with Crippen LogP contribution in [0.1, 0.15) is 33.4 Å². The Bertz CT molecular complexity index is 862. The Morgan fingerprint density at radius 1 is 1.22 bits per heavy atom. The van der Waals surface area contributed by atoms with Crippen molar-refractivity contribution in [2.24, 2.45) is 0 Å². The van der Waals surface area contributed by atoms with E-state index in [1.165, 1.54) is 29.8 Å². The fourth-order valence-electron chi connectivity index (χ4n) is 2.37. The van der Waals surface area contributed by atoms with Crippen LogP contribution in [0.15, 0.2) is 52.7 Å². The van der Waals surface area contributed by atoms with E-state index in [0.717, 1.165) is 10.6 Å². The van der Waals surface area contributed by atoms with Crippen molar-refractivity contribution < 1.29 is 19.1 Å². The first-order valence-electron chi connectivity index (χ1n) is 8.16. The smallest absolute Gasteiger partial charge is 0.307 e. The first-order valence-corrected chi connectivity index (χ1v) is 9.99. The Balaban J connectivity index is 1.62. The molecule has 0 aliphatic rings. The van der Waals surface area contributed by atoms with Gasteiger partial charge in [0.25, 0.3) is 5.91 Å². The maximum absolute atomic E-state index is 12.6. The highest BCUT2D eigenvalue weighted by molar-refractivity contribution is 7.10. The van der Waals surface area contributed by atoms with Crippen LogP contribution in [0.2, 0.25) is 0 Å². The van der Waals surface area contributed by atoms with E-state index in [9.17, 15) is 9.59 Å². The number of rotatable bonds is 8. The monoisotopic (exact) mass is 402 g/mol. The molecule has 27 heavy (non-hydrogen) atoms. The van der Waals surface area contributed by atoms with Gasteiger partial charge >= 0.3 is 5.97 Å². The summed E-state index contributed by atoms with van der Waals surface area (Å²) in [5.74, 6) is 0.0201. The van der Waals surface area contributed by atoms with Crippen LogP contribution in [0.3, 0.4) is 0 Å². The zero-order valence-electron chi connectivity index (χ0n) is 14.6. The van der Waals surface area contributed by atoms with Gasteiger partial charge in [-0.05, 0) is 35.7 Å². The third-order valence-electron chi connectivity index (χ3n) is 3.78. The lowest BCUT2D eigenvalue weighted by molar-refractivity contribution is -0.141. The highest BCUT2D eigenvalue weighted by Gasteiger charge is 2.20. The summed E-state index contributed by atoms with van der Waals surface area (Å²) in [5.41, 5.74) is 3.11. The molecule has 0 saturated heterocycles. The van der Waals surface area contributed by atoms with Crippen molar-refractivity contribution in [1.29, 1.82) is 0 Å². The summed E-state index contributed by atoms with van der Waals surface area (Å²) < 4.78 is 10.4. The summed E-state index contributed by atoms with van der Waals surface area (Å²) in [6.07, 6.45) is 0.0809. The fraction of sp³-hybridized carbons (Fsp3) is 0.211. The van der Waals surface area contributed by atoms with E-state index in [-0.39, 0.29) is 18.3 Å². The molecule has 3 rings (SSSR count). The number of esters is 1. The SMILES string of the molecule is COC(=O)CC(NC(=O)c1ccc(OCc2cscn2)cc1)c1cccs1. The second-order valence-electron chi connectivity index (χ2n) is 5.61. The molecule has 0 bridgehead atoms. The van der Waals surface area contributed by atoms with Crippen molar-refractivity contribution >= 4 is 34.6 Å². The van der Waals surface area contributed by atoms with Crippen LogP contribution in [-0.2, 0) is 16.1 Å². The number of hydrogen-bond donors (Lipinski definition) is 1.